The molecule has 2 heterocycles. The SMILES string of the molecule is CC1(C)CC(NC(=O)Nc2nnc(Br)s2)CCO1. The van der Waals surface area contributed by atoms with E-state index in [0.717, 1.165) is 12.8 Å². The van der Waals surface area contributed by atoms with Crippen molar-refractivity contribution in [1.82, 2.24) is 15.5 Å². The van der Waals surface area contributed by atoms with Crippen molar-refractivity contribution in [1.29, 1.82) is 0 Å². The summed E-state index contributed by atoms with van der Waals surface area (Å²) in [4.78, 5) is 11.8. The van der Waals surface area contributed by atoms with Gasteiger partial charge in [-0.25, -0.2) is 4.79 Å². The van der Waals surface area contributed by atoms with E-state index in [1.807, 2.05) is 13.8 Å². The Morgan fingerprint density at radius 2 is 2.33 bits per heavy atom. The molecule has 1 fully saturated rings. The van der Waals surface area contributed by atoms with Gasteiger partial charge in [-0.1, -0.05) is 11.3 Å². The summed E-state index contributed by atoms with van der Waals surface area (Å²) in [5, 5.41) is 13.6. The van der Waals surface area contributed by atoms with Gasteiger partial charge in [0.05, 0.1) is 5.60 Å². The summed E-state index contributed by atoms with van der Waals surface area (Å²) in [7, 11) is 0. The maximum atomic E-state index is 11.8. The van der Waals surface area contributed by atoms with Crippen LogP contribution < -0.4 is 10.6 Å². The van der Waals surface area contributed by atoms with Crippen molar-refractivity contribution >= 4 is 38.4 Å². The molecule has 0 aromatic carbocycles. The van der Waals surface area contributed by atoms with Gasteiger partial charge in [0.1, 0.15) is 0 Å². The van der Waals surface area contributed by atoms with Crippen molar-refractivity contribution in [3.8, 4) is 0 Å². The third-order valence-corrected chi connectivity index (χ3v) is 3.92. The van der Waals surface area contributed by atoms with Gasteiger partial charge >= 0.3 is 6.03 Å². The number of hydrogen-bond acceptors (Lipinski definition) is 5. The minimum absolute atomic E-state index is 0.130. The molecule has 1 unspecified atom stereocenters. The molecule has 1 atom stereocenters. The van der Waals surface area contributed by atoms with E-state index >= 15 is 0 Å². The van der Waals surface area contributed by atoms with Crippen LogP contribution in [0.15, 0.2) is 3.92 Å². The van der Waals surface area contributed by atoms with Gasteiger partial charge in [-0.15, -0.1) is 10.2 Å². The molecule has 6 nitrogen and oxygen atoms in total. The second-order valence-corrected chi connectivity index (χ2v) is 7.01. The minimum Gasteiger partial charge on any atom is -0.375 e. The molecule has 2 amide bonds. The quantitative estimate of drug-likeness (QED) is 0.870. The van der Waals surface area contributed by atoms with E-state index in [1.54, 1.807) is 0 Å². The summed E-state index contributed by atoms with van der Waals surface area (Å²) in [6.07, 6.45) is 1.64. The molecule has 1 aromatic heterocycles. The third kappa shape index (κ3) is 3.89. The van der Waals surface area contributed by atoms with Crippen molar-refractivity contribution in [2.75, 3.05) is 11.9 Å². The summed E-state index contributed by atoms with van der Waals surface area (Å²) in [6, 6.07) is -0.119. The summed E-state index contributed by atoms with van der Waals surface area (Å²) in [5.74, 6) is 0. The predicted octanol–water partition coefficient (Wildman–Crippen LogP) is 2.38. The zero-order chi connectivity index (χ0) is 13.2. The van der Waals surface area contributed by atoms with E-state index in [0.29, 0.717) is 15.7 Å². The summed E-state index contributed by atoms with van der Waals surface area (Å²) in [6.45, 7) is 4.73. The number of aromatic nitrogens is 2. The number of halogens is 1. The van der Waals surface area contributed by atoms with Gasteiger partial charge in [0.2, 0.25) is 5.13 Å². The second-order valence-electron chi connectivity index (χ2n) is 4.76. The van der Waals surface area contributed by atoms with Gasteiger partial charge in [-0.05, 0) is 42.6 Å². The first kappa shape index (κ1) is 13.7. The fourth-order valence-corrected chi connectivity index (χ4v) is 2.94. The lowest BCUT2D eigenvalue weighted by Crippen LogP contribution is -2.47. The first-order chi connectivity index (χ1) is 8.44. The van der Waals surface area contributed by atoms with Gasteiger partial charge in [0, 0.05) is 12.6 Å². The van der Waals surface area contributed by atoms with Gasteiger partial charge in [0.25, 0.3) is 0 Å². The minimum atomic E-state index is -0.249. The van der Waals surface area contributed by atoms with Gasteiger partial charge in [-0.3, -0.25) is 5.32 Å². The number of amides is 2. The van der Waals surface area contributed by atoms with Crippen molar-refractivity contribution in [3.05, 3.63) is 3.92 Å². The van der Waals surface area contributed by atoms with E-state index in [2.05, 4.69) is 36.8 Å². The first-order valence-electron chi connectivity index (χ1n) is 5.65. The molecule has 0 saturated carbocycles. The van der Waals surface area contributed by atoms with Crippen LogP contribution in [0, 0.1) is 0 Å². The Kier molecular flexibility index (Phi) is 4.18. The highest BCUT2D eigenvalue weighted by atomic mass is 79.9. The smallest absolute Gasteiger partial charge is 0.321 e. The molecule has 0 spiro atoms. The highest BCUT2D eigenvalue weighted by Gasteiger charge is 2.29. The molecule has 18 heavy (non-hydrogen) atoms. The number of carbonyl (C=O) groups excluding carboxylic acids is 1. The normalized spacial score (nSPS) is 22.5. The molecule has 100 valence electrons. The average molecular weight is 335 g/mol. The molecule has 0 bridgehead atoms. The zero-order valence-corrected chi connectivity index (χ0v) is 12.6. The molecule has 0 aliphatic carbocycles. The van der Waals surface area contributed by atoms with Gasteiger partial charge in [0.15, 0.2) is 3.92 Å². The van der Waals surface area contributed by atoms with Gasteiger partial charge < -0.3 is 10.1 Å². The molecule has 1 aromatic rings. The second kappa shape index (κ2) is 5.50. The average Bonchev–Trinajstić information content (AvgIpc) is 2.62. The van der Waals surface area contributed by atoms with Crippen LogP contribution in [0.4, 0.5) is 9.93 Å². The van der Waals surface area contributed by atoms with Crippen LogP contribution in [-0.4, -0.2) is 34.5 Å². The summed E-state index contributed by atoms with van der Waals surface area (Å²) < 4.78 is 6.24. The Balaban J connectivity index is 1.84. The van der Waals surface area contributed by atoms with Crippen LogP contribution >= 0.6 is 27.3 Å². The number of urea groups is 1. The van der Waals surface area contributed by atoms with Crippen molar-refractivity contribution in [3.63, 3.8) is 0 Å². The molecular formula is C10H15BrN4O2S. The molecular weight excluding hydrogens is 320 g/mol. The van der Waals surface area contributed by atoms with Crippen LogP contribution in [0.1, 0.15) is 26.7 Å². The van der Waals surface area contributed by atoms with Crippen LogP contribution in [0.25, 0.3) is 0 Å². The monoisotopic (exact) mass is 334 g/mol. The van der Waals surface area contributed by atoms with E-state index in [1.165, 1.54) is 11.3 Å². The standard InChI is InChI=1S/C10H15BrN4O2S/c1-10(2)5-6(3-4-17-10)12-8(16)13-9-15-14-7(11)18-9/h6H,3-5H2,1-2H3,(H2,12,13,15,16). The van der Waals surface area contributed by atoms with E-state index < -0.39 is 0 Å². The van der Waals surface area contributed by atoms with Gasteiger partial charge in [-0.2, -0.15) is 0 Å². The molecule has 1 aliphatic rings. The Morgan fingerprint density at radius 1 is 1.56 bits per heavy atom. The molecule has 1 aliphatic heterocycles. The highest BCUT2D eigenvalue weighted by molar-refractivity contribution is 9.11. The Hall–Kier alpha value is -0.730. The summed E-state index contributed by atoms with van der Waals surface area (Å²) >= 11 is 4.47. The fraction of sp³-hybridized carbons (Fsp3) is 0.700. The van der Waals surface area contributed by atoms with Crippen LogP contribution in [0.5, 0.6) is 0 Å². The predicted molar refractivity (Wildman–Crippen MR) is 72.8 cm³/mol. The lowest BCUT2D eigenvalue weighted by Gasteiger charge is -2.35. The number of ether oxygens (including phenoxy) is 1. The van der Waals surface area contributed by atoms with Crippen LogP contribution in [0.3, 0.4) is 0 Å². The van der Waals surface area contributed by atoms with E-state index in [9.17, 15) is 4.79 Å². The zero-order valence-electron chi connectivity index (χ0n) is 10.2. The number of carbonyl (C=O) groups is 1. The van der Waals surface area contributed by atoms with Crippen molar-refractivity contribution in [2.45, 2.75) is 38.3 Å². The molecule has 1 saturated heterocycles. The highest BCUT2D eigenvalue weighted by Crippen LogP contribution is 2.24. The topological polar surface area (TPSA) is 76.1 Å². The Morgan fingerprint density at radius 3 is 2.94 bits per heavy atom. The maximum Gasteiger partial charge on any atom is 0.321 e. The number of hydrogen-bond donors (Lipinski definition) is 2. The van der Waals surface area contributed by atoms with Crippen LogP contribution in [-0.2, 0) is 4.74 Å². The third-order valence-electron chi connectivity index (χ3n) is 2.65. The molecule has 8 heteroatoms. The number of anilines is 1. The Bertz CT molecular complexity index is 437. The van der Waals surface area contributed by atoms with Crippen molar-refractivity contribution < 1.29 is 9.53 Å². The lowest BCUT2D eigenvalue weighted by atomic mass is 9.94. The fourth-order valence-electron chi connectivity index (χ4n) is 1.93. The van der Waals surface area contributed by atoms with Crippen molar-refractivity contribution in [2.24, 2.45) is 0 Å². The number of rotatable bonds is 2. The number of nitrogens with one attached hydrogen (secondary N) is 2. The van der Waals surface area contributed by atoms with E-state index in [4.69, 9.17) is 4.74 Å². The summed E-state index contributed by atoms with van der Waals surface area (Å²) in [5.41, 5.74) is -0.179. The number of nitrogens with zero attached hydrogens (tertiary/aromatic N) is 2. The molecule has 2 rings (SSSR count). The molecule has 0 radical (unpaired) electrons. The largest absolute Gasteiger partial charge is 0.375 e. The lowest BCUT2D eigenvalue weighted by molar-refractivity contribution is -0.0609. The maximum absolute atomic E-state index is 11.8. The Labute approximate surface area is 118 Å². The first-order valence-corrected chi connectivity index (χ1v) is 7.26. The van der Waals surface area contributed by atoms with E-state index in [-0.39, 0.29) is 17.7 Å². The van der Waals surface area contributed by atoms with Crippen LogP contribution in [0.2, 0.25) is 0 Å². The molecule has 2 N–H and O–H groups in total.